The molecular formula is C22H27N3O3. The number of carbonyl (C=O) groups is 1. The van der Waals surface area contributed by atoms with E-state index in [9.17, 15) is 4.79 Å². The van der Waals surface area contributed by atoms with Crippen molar-refractivity contribution < 1.29 is 14.3 Å². The first kappa shape index (κ1) is 17.7. The second-order valence-electron chi connectivity index (χ2n) is 8.59. The largest absolute Gasteiger partial charge is 0.497 e. The van der Waals surface area contributed by atoms with E-state index in [-0.39, 0.29) is 23.5 Å². The summed E-state index contributed by atoms with van der Waals surface area (Å²) in [5.41, 5.74) is 5.37. The fraction of sp³-hybridized carbons (Fsp3) is 0.545. The molecule has 1 aliphatic carbocycles. The van der Waals surface area contributed by atoms with E-state index >= 15 is 0 Å². The molecule has 1 fully saturated rings. The number of carbonyl (C=O) groups excluding carboxylic acids is 1. The van der Waals surface area contributed by atoms with Gasteiger partial charge in [-0.05, 0) is 49.9 Å². The molecule has 6 heteroatoms. The number of hydrogen-bond donors (Lipinski definition) is 0. The quantitative estimate of drug-likeness (QED) is 0.802. The Balaban J connectivity index is 1.50. The van der Waals surface area contributed by atoms with E-state index < -0.39 is 0 Å². The monoisotopic (exact) mass is 381 g/mol. The predicted octanol–water partition coefficient (Wildman–Crippen LogP) is 3.14. The number of rotatable bonds is 2. The zero-order valence-corrected chi connectivity index (χ0v) is 17.0. The van der Waals surface area contributed by atoms with Gasteiger partial charge in [-0.1, -0.05) is 6.07 Å². The third-order valence-corrected chi connectivity index (χ3v) is 6.59. The Kier molecular flexibility index (Phi) is 3.85. The number of hydrogen-bond acceptors (Lipinski definition) is 4. The molecule has 28 heavy (non-hydrogen) atoms. The van der Waals surface area contributed by atoms with Crippen LogP contribution in [0.4, 0.5) is 0 Å². The molecule has 2 atom stereocenters. The van der Waals surface area contributed by atoms with E-state index in [1.165, 1.54) is 11.1 Å². The number of benzene rings is 1. The number of aromatic nitrogens is 2. The van der Waals surface area contributed by atoms with E-state index in [2.05, 4.69) is 24.2 Å². The lowest BCUT2D eigenvalue weighted by atomic mass is 9.86. The molecular weight excluding hydrogens is 354 g/mol. The van der Waals surface area contributed by atoms with Crippen molar-refractivity contribution >= 4 is 5.91 Å². The molecule has 2 aliphatic heterocycles. The van der Waals surface area contributed by atoms with E-state index in [1.54, 1.807) is 7.11 Å². The van der Waals surface area contributed by atoms with Crippen molar-refractivity contribution in [2.24, 2.45) is 7.05 Å². The van der Waals surface area contributed by atoms with Crippen LogP contribution in [0.1, 0.15) is 65.7 Å². The fourth-order valence-electron chi connectivity index (χ4n) is 5.11. The molecule has 5 rings (SSSR count). The highest BCUT2D eigenvalue weighted by molar-refractivity contribution is 5.94. The van der Waals surface area contributed by atoms with Crippen LogP contribution in [0.5, 0.6) is 5.75 Å². The van der Waals surface area contributed by atoms with Crippen molar-refractivity contribution in [2.75, 3.05) is 13.7 Å². The third-order valence-electron chi connectivity index (χ3n) is 6.59. The predicted molar refractivity (Wildman–Crippen MR) is 105 cm³/mol. The smallest absolute Gasteiger partial charge is 0.274 e. The third kappa shape index (κ3) is 2.58. The summed E-state index contributed by atoms with van der Waals surface area (Å²) in [5, 5.41) is 4.63. The number of methoxy groups -OCH3 is 1. The zero-order chi connectivity index (χ0) is 19.6. The summed E-state index contributed by atoms with van der Waals surface area (Å²) in [6.07, 6.45) is 3.05. The van der Waals surface area contributed by atoms with Crippen LogP contribution < -0.4 is 4.74 Å². The molecule has 0 unspecified atom stereocenters. The van der Waals surface area contributed by atoms with Crippen LogP contribution in [-0.2, 0) is 30.2 Å². The molecule has 0 bridgehead atoms. The molecule has 148 valence electrons. The van der Waals surface area contributed by atoms with Gasteiger partial charge in [0.25, 0.3) is 5.91 Å². The Morgan fingerprint density at radius 2 is 2.11 bits per heavy atom. The first-order chi connectivity index (χ1) is 13.4. The maximum absolute atomic E-state index is 13.5. The van der Waals surface area contributed by atoms with Gasteiger partial charge in [0.05, 0.1) is 25.0 Å². The highest BCUT2D eigenvalue weighted by Crippen LogP contribution is 2.53. The van der Waals surface area contributed by atoms with Gasteiger partial charge in [0, 0.05) is 37.5 Å². The molecule has 2 aromatic rings. The van der Waals surface area contributed by atoms with Gasteiger partial charge in [0.2, 0.25) is 0 Å². The van der Waals surface area contributed by atoms with Crippen LogP contribution in [0.25, 0.3) is 0 Å². The normalized spacial score (nSPS) is 24.6. The van der Waals surface area contributed by atoms with Crippen molar-refractivity contribution in [1.29, 1.82) is 0 Å². The lowest BCUT2D eigenvalue weighted by molar-refractivity contribution is -0.00907. The second kappa shape index (κ2) is 6.08. The summed E-state index contributed by atoms with van der Waals surface area (Å²) in [7, 11) is 3.61. The molecule has 0 radical (unpaired) electrons. The molecule has 1 amide bonds. The van der Waals surface area contributed by atoms with Gasteiger partial charge in [-0.25, -0.2) is 0 Å². The lowest BCUT2D eigenvalue weighted by Crippen LogP contribution is -2.42. The summed E-state index contributed by atoms with van der Waals surface area (Å²) in [5.74, 6) is 0.942. The van der Waals surface area contributed by atoms with Gasteiger partial charge >= 0.3 is 0 Å². The molecule has 3 heterocycles. The summed E-state index contributed by atoms with van der Waals surface area (Å²) in [6.45, 7) is 5.49. The van der Waals surface area contributed by atoms with Crippen molar-refractivity contribution in [2.45, 2.75) is 57.3 Å². The molecule has 1 aromatic heterocycles. The average Bonchev–Trinajstić information content (AvgIpc) is 3.36. The van der Waals surface area contributed by atoms with Crippen molar-refractivity contribution in [3.63, 3.8) is 0 Å². The SMILES string of the molecule is COc1ccc2c(c1)C1(CC1)CN(C(=O)c1nn(C)c3c1C[C@H](C)O[C@@H]3C)C2. The number of nitrogens with zero attached hydrogens (tertiary/aromatic N) is 3. The summed E-state index contributed by atoms with van der Waals surface area (Å²) < 4.78 is 13.2. The average molecular weight is 381 g/mol. The molecule has 1 spiro atoms. The van der Waals surface area contributed by atoms with E-state index in [1.807, 2.05) is 29.6 Å². The van der Waals surface area contributed by atoms with Gasteiger partial charge in [0.1, 0.15) is 5.75 Å². The summed E-state index contributed by atoms with van der Waals surface area (Å²) in [4.78, 5) is 15.5. The highest BCUT2D eigenvalue weighted by atomic mass is 16.5. The van der Waals surface area contributed by atoms with Crippen LogP contribution in [-0.4, -0.2) is 40.3 Å². The molecule has 0 saturated heterocycles. The van der Waals surface area contributed by atoms with Crippen molar-refractivity contribution in [1.82, 2.24) is 14.7 Å². The van der Waals surface area contributed by atoms with E-state index in [4.69, 9.17) is 9.47 Å². The van der Waals surface area contributed by atoms with Gasteiger partial charge in [-0.3, -0.25) is 9.48 Å². The number of fused-ring (bicyclic) bond motifs is 3. The van der Waals surface area contributed by atoms with Crippen LogP contribution in [0.3, 0.4) is 0 Å². The number of aryl methyl sites for hydroxylation is 1. The standard InChI is InChI=1S/C22H27N3O3/c1-13-9-17-19(23-24(3)20(17)14(2)28-13)21(26)25-11-15-5-6-16(27-4)10-18(15)22(12-25)7-8-22/h5-6,10,13-14H,7-9,11-12H2,1-4H3/t13-,14+/m0/s1. The highest BCUT2D eigenvalue weighted by Gasteiger charge is 2.50. The van der Waals surface area contributed by atoms with Crippen LogP contribution >= 0.6 is 0 Å². The molecule has 1 aromatic carbocycles. The molecule has 0 N–H and O–H groups in total. The second-order valence-corrected chi connectivity index (χ2v) is 8.59. The van der Waals surface area contributed by atoms with Crippen LogP contribution in [0.2, 0.25) is 0 Å². The van der Waals surface area contributed by atoms with Gasteiger partial charge < -0.3 is 14.4 Å². The van der Waals surface area contributed by atoms with Crippen LogP contribution in [0.15, 0.2) is 18.2 Å². The van der Waals surface area contributed by atoms with Gasteiger partial charge in [-0.2, -0.15) is 5.10 Å². The first-order valence-electron chi connectivity index (χ1n) is 10.1. The van der Waals surface area contributed by atoms with Crippen molar-refractivity contribution in [3.8, 4) is 5.75 Å². The molecule has 3 aliphatic rings. The Hall–Kier alpha value is -2.34. The first-order valence-corrected chi connectivity index (χ1v) is 10.1. The topological polar surface area (TPSA) is 56.6 Å². The van der Waals surface area contributed by atoms with E-state index in [0.717, 1.165) is 42.8 Å². The van der Waals surface area contributed by atoms with Gasteiger partial charge in [-0.15, -0.1) is 0 Å². The summed E-state index contributed by atoms with van der Waals surface area (Å²) in [6, 6.07) is 6.26. The molecule has 1 saturated carbocycles. The maximum Gasteiger partial charge on any atom is 0.274 e. The number of ether oxygens (including phenoxy) is 2. The van der Waals surface area contributed by atoms with Crippen molar-refractivity contribution in [3.05, 3.63) is 46.3 Å². The Morgan fingerprint density at radius 3 is 2.82 bits per heavy atom. The van der Waals surface area contributed by atoms with Crippen LogP contribution in [0, 0.1) is 0 Å². The fourth-order valence-corrected chi connectivity index (χ4v) is 5.11. The minimum Gasteiger partial charge on any atom is -0.497 e. The minimum absolute atomic E-state index is 0.0397. The lowest BCUT2D eigenvalue weighted by Gasteiger charge is -2.35. The Labute approximate surface area is 165 Å². The molecule has 6 nitrogen and oxygen atoms in total. The number of amides is 1. The van der Waals surface area contributed by atoms with E-state index in [0.29, 0.717) is 12.2 Å². The Morgan fingerprint density at radius 1 is 1.32 bits per heavy atom. The zero-order valence-electron chi connectivity index (χ0n) is 17.0. The van der Waals surface area contributed by atoms with Gasteiger partial charge in [0.15, 0.2) is 5.69 Å². The Bertz CT molecular complexity index is 960. The minimum atomic E-state index is -0.0397. The summed E-state index contributed by atoms with van der Waals surface area (Å²) >= 11 is 0. The maximum atomic E-state index is 13.5.